The Morgan fingerprint density at radius 1 is 1.50 bits per heavy atom. The molecule has 1 unspecified atom stereocenters. The van der Waals surface area contributed by atoms with Crippen molar-refractivity contribution in [1.29, 1.82) is 0 Å². The molecule has 2 nitrogen and oxygen atoms in total. The number of benzene rings is 1. The van der Waals surface area contributed by atoms with Crippen LogP contribution in [0.15, 0.2) is 24.3 Å². The summed E-state index contributed by atoms with van der Waals surface area (Å²) in [6, 6.07) is 7.95. The molecule has 0 aromatic heterocycles. The number of rotatable bonds is 4. The first kappa shape index (κ1) is 15.1. The largest absolute Gasteiger partial charge is 1.00 e. The third-order valence-electron chi connectivity index (χ3n) is 1.99. The SMILES string of the molecule is C[N-]C(CCN)c1cccc(Cl)c1.[K+]. The van der Waals surface area contributed by atoms with E-state index >= 15 is 0 Å². The topological polar surface area (TPSA) is 40.1 Å². The number of hydrogen-bond donors (Lipinski definition) is 1. The minimum Gasteiger partial charge on any atom is -0.658 e. The van der Waals surface area contributed by atoms with Crippen LogP contribution < -0.4 is 57.1 Å². The molecule has 1 rings (SSSR count). The van der Waals surface area contributed by atoms with E-state index < -0.39 is 0 Å². The monoisotopic (exact) mass is 236 g/mol. The third kappa shape index (κ3) is 4.72. The molecule has 1 aromatic carbocycles. The van der Waals surface area contributed by atoms with Crippen LogP contribution in [0.3, 0.4) is 0 Å². The van der Waals surface area contributed by atoms with Crippen LogP contribution in [0.4, 0.5) is 0 Å². The Balaban J connectivity index is 0.00000169. The Hall–Kier alpha value is 1.07. The summed E-state index contributed by atoms with van der Waals surface area (Å²) >= 11 is 5.87. The minimum atomic E-state index is 0. The van der Waals surface area contributed by atoms with E-state index in [1.807, 2.05) is 24.3 Å². The van der Waals surface area contributed by atoms with Crippen LogP contribution in [0.2, 0.25) is 5.02 Å². The van der Waals surface area contributed by atoms with Crippen molar-refractivity contribution in [2.75, 3.05) is 13.6 Å². The van der Waals surface area contributed by atoms with Gasteiger partial charge in [0, 0.05) is 5.02 Å². The van der Waals surface area contributed by atoms with Crippen molar-refractivity contribution in [3.8, 4) is 0 Å². The molecule has 0 radical (unpaired) electrons. The van der Waals surface area contributed by atoms with Crippen LogP contribution in [0.5, 0.6) is 0 Å². The quantitative estimate of drug-likeness (QED) is 0.719. The second-order valence-corrected chi connectivity index (χ2v) is 3.34. The van der Waals surface area contributed by atoms with Gasteiger partial charge in [0.15, 0.2) is 0 Å². The zero-order valence-corrected chi connectivity index (χ0v) is 12.6. The van der Waals surface area contributed by atoms with E-state index in [9.17, 15) is 0 Å². The Kier molecular flexibility index (Phi) is 8.87. The maximum Gasteiger partial charge on any atom is 1.00 e. The van der Waals surface area contributed by atoms with Crippen LogP contribution in [-0.4, -0.2) is 13.6 Å². The predicted molar refractivity (Wildman–Crippen MR) is 57.1 cm³/mol. The summed E-state index contributed by atoms with van der Waals surface area (Å²) in [4.78, 5) is 0. The minimum absolute atomic E-state index is 0. The summed E-state index contributed by atoms with van der Waals surface area (Å²) in [5, 5.41) is 5.00. The molecule has 0 aliphatic carbocycles. The molecular weight excluding hydrogens is 223 g/mol. The summed E-state index contributed by atoms with van der Waals surface area (Å²) in [7, 11) is 1.81. The average Bonchev–Trinajstić information content (AvgIpc) is 2.14. The molecule has 0 bridgehead atoms. The number of nitrogens with two attached hydrogens (primary N) is 1. The molecule has 0 spiro atoms. The van der Waals surface area contributed by atoms with Gasteiger partial charge in [0.1, 0.15) is 0 Å². The van der Waals surface area contributed by atoms with Gasteiger partial charge in [-0.25, -0.2) is 0 Å². The van der Waals surface area contributed by atoms with Crippen molar-refractivity contribution in [3.63, 3.8) is 0 Å². The van der Waals surface area contributed by atoms with Crippen molar-refractivity contribution < 1.29 is 51.4 Å². The Morgan fingerprint density at radius 3 is 2.71 bits per heavy atom. The number of halogens is 1. The van der Waals surface area contributed by atoms with Gasteiger partial charge in [-0.2, -0.15) is 7.05 Å². The van der Waals surface area contributed by atoms with Crippen molar-refractivity contribution in [2.45, 2.75) is 12.5 Å². The van der Waals surface area contributed by atoms with E-state index in [1.54, 1.807) is 7.05 Å². The maximum absolute atomic E-state index is 5.87. The second kappa shape index (κ2) is 8.25. The first-order chi connectivity index (χ1) is 6.27. The zero-order chi connectivity index (χ0) is 9.68. The van der Waals surface area contributed by atoms with Crippen LogP contribution in [0.25, 0.3) is 5.32 Å². The summed E-state index contributed by atoms with van der Waals surface area (Å²) in [6.45, 7) is 0.647. The molecule has 14 heavy (non-hydrogen) atoms. The first-order valence-corrected chi connectivity index (χ1v) is 4.70. The second-order valence-electron chi connectivity index (χ2n) is 2.91. The molecule has 4 heteroatoms. The van der Waals surface area contributed by atoms with Crippen LogP contribution in [0.1, 0.15) is 18.0 Å². The fourth-order valence-electron chi connectivity index (χ4n) is 1.32. The van der Waals surface area contributed by atoms with Gasteiger partial charge >= 0.3 is 51.4 Å². The van der Waals surface area contributed by atoms with Crippen LogP contribution >= 0.6 is 11.6 Å². The van der Waals surface area contributed by atoms with Crippen molar-refractivity contribution in [1.82, 2.24) is 0 Å². The fraction of sp³-hybridized carbons (Fsp3) is 0.400. The van der Waals surface area contributed by atoms with Crippen LogP contribution in [-0.2, 0) is 0 Å². The van der Waals surface area contributed by atoms with Crippen molar-refractivity contribution >= 4 is 11.6 Å². The van der Waals surface area contributed by atoms with Crippen molar-refractivity contribution in [3.05, 3.63) is 40.2 Å². The van der Waals surface area contributed by atoms with Gasteiger partial charge in [0.05, 0.1) is 0 Å². The molecule has 2 N–H and O–H groups in total. The molecule has 72 valence electrons. The molecular formula is C10H14ClKN2. The van der Waals surface area contributed by atoms with Crippen LogP contribution in [0, 0.1) is 0 Å². The summed E-state index contributed by atoms with van der Waals surface area (Å²) in [6.07, 6.45) is 0.872. The Bertz CT molecular complexity index is 268. The molecule has 0 amide bonds. The zero-order valence-electron chi connectivity index (χ0n) is 8.70. The van der Waals surface area contributed by atoms with Gasteiger partial charge in [0.2, 0.25) is 0 Å². The van der Waals surface area contributed by atoms with E-state index in [-0.39, 0.29) is 57.4 Å². The van der Waals surface area contributed by atoms with Gasteiger partial charge in [-0.1, -0.05) is 35.7 Å². The average molecular weight is 237 g/mol. The van der Waals surface area contributed by atoms with Gasteiger partial charge in [-0.15, -0.1) is 6.04 Å². The van der Waals surface area contributed by atoms with E-state index in [0.29, 0.717) is 6.54 Å². The number of hydrogen-bond acceptors (Lipinski definition) is 1. The molecule has 1 aromatic rings. The summed E-state index contributed by atoms with van der Waals surface area (Å²) in [5.74, 6) is 0. The normalized spacial score (nSPS) is 11.9. The predicted octanol–water partition coefficient (Wildman–Crippen LogP) is -0.263. The van der Waals surface area contributed by atoms with E-state index in [1.165, 1.54) is 0 Å². The Labute approximate surface area is 133 Å². The van der Waals surface area contributed by atoms with E-state index in [0.717, 1.165) is 17.0 Å². The molecule has 0 aliphatic heterocycles. The summed E-state index contributed by atoms with van der Waals surface area (Å²) in [5.41, 5.74) is 6.63. The van der Waals surface area contributed by atoms with Gasteiger partial charge in [-0.05, 0) is 18.7 Å². The summed E-state index contributed by atoms with van der Waals surface area (Å²) < 4.78 is 0. The molecule has 0 saturated heterocycles. The first-order valence-electron chi connectivity index (χ1n) is 4.32. The third-order valence-corrected chi connectivity index (χ3v) is 2.22. The van der Waals surface area contributed by atoms with E-state index in [2.05, 4.69) is 5.32 Å². The molecule has 0 heterocycles. The smallest absolute Gasteiger partial charge is 0.658 e. The van der Waals surface area contributed by atoms with Gasteiger partial charge < -0.3 is 11.1 Å². The molecule has 0 fully saturated rings. The maximum atomic E-state index is 5.87. The standard InChI is InChI=1S/C10H14ClN2.K/c1-13-10(5-6-12)8-3-2-4-9(11)7-8;/h2-4,7,10H,5-6,12H2,1H3;/q-1;+1. The molecule has 1 atom stereocenters. The van der Waals surface area contributed by atoms with E-state index in [4.69, 9.17) is 17.3 Å². The fourth-order valence-corrected chi connectivity index (χ4v) is 1.52. The Morgan fingerprint density at radius 2 is 2.21 bits per heavy atom. The molecule has 0 aliphatic rings. The molecule has 0 saturated carbocycles. The van der Waals surface area contributed by atoms with Gasteiger partial charge in [0.25, 0.3) is 0 Å². The number of nitrogens with zero attached hydrogens (tertiary/aromatic N) is 1. The van der Waals surface area contributed by atoms with Gasteiger partial charge in [-0.3, -0.25) is 0 Å². The van der Waals surface area contributed by atoms with Crippen molar-refractivity contribution in [2.24, 2.45) is 5.73 Å².